The number of carbonyl (C=O) groups excluding carboxylic acids is 1. The lowest BCUT2D eigenvalue weighted by Gasteiger charge is -2.07. The highest BCUT2D eigenvalue weighted by Crippen LogP contribution is 2.20. The molecular weight excluding hydrogens is 246 g/mol. The van der Waals surface area contributed by atoms with Crippen molar-refractivity contribution < 1.29 is 18.7 Å². The normalized spacial score (nSPS) is 9.68. The van der Waals surface area contributed by atoms with Gasteiger partial charge in [0.05, 0.1) is 18.9 Å². The zero-order chi connectivity index (χ0) is 13.7. The van der Waals surface area contributed by atoms with Gasteiger partial charge in [-0.1, -0.05) is 12.1 Å². The second kappa shape index (κ2) is 5.74. The van der Waals surface area contributed by atoms with E-state index in [1.165, 1.54) is 13.4 Å². The van der Waals surface area contributed by atoms with Crippen molar-refractivity contribution in [2.75, 3.05) is 7.11 Å². The van der Waals surface area contributed by atoms with Crippen molar-refractivity contribution in [1.82, 2.24) is 0 Å². The first-order chi connectivity index (χ1) is 9.26. The third-order valence-electron chi connectivity index (χ3n) is 2.51. The van der Waals surface area contributed by atoms with Gasteiger partial charge in [-0.15, -0.1) is 0 Å². The molecule has 0 amide bonds. The van der Waals surface area contributed by atoms with Gasteiger partial charge >= 0.3 is 5.97 Å². The zero-order valence-electron chi connectivity index (χ0n) is 10.3. The molecule has 0 aliphatic rings. The van der Waals surface area contributed by atoms with Crippen LogP contribution in [-0.2, 0) is 11.3 Å². The molecule has 5 nitrogen and oxygen atoms in total. The lowest BCUT2D eigenvalue weighted by molar-refractivity contribution is 0.0561. The number of carbonyl (C=O) groups is 1. The van der Waals surface area contributed by atoms with E-state index in [9.17, 15) is 4.79 Å². The van der Waals surface area contributed by atoms with Crippen molar-refractivity contribution in [2.24, 2.45) is 0 Å². The Morgan fingerprint density at radius 2 is 2.16 bits per heavy atom. The molecule has 0 saturated carbocycles. The van der Waals surface area contributed by atoms with Crippen LogP contribution in [0.5, 0.6) is 5.75 Å². The fourth-order valence-corrected chi connectivity index (χ4v) is 1.56. The first-order valence-electron chi connectivity index (χ1n) is 5.53. The molecule has 0 saturated heterocycles. The Hall–Kier alpha value is -2.74. The molecule has 1 aromatic carbocycles. The predicted octanol–water partition coefficient (Wildman–Crippen LogP) is 2.52. The van der Waals surface area contributed by atoms with Gasteiger partial charge in [0.15, 0.2) is 0 Å². The predicted molar refractivity (Wildman–Crippen MR) is 65.5 cm³/mol. The van der Waals surface area contributed by atoms with Gasteiger partial charge in [-0.2, -0.15) is 5.26 Å². The molecule has 0 radical (unpaired) electrons. The molecule has 2 rings (SSSR count). The quantitative estimate of drug-likeness (QED) is 0.787. The highest BCUT2D eigenvalue weighted by Gasteiger charge is 2.16. The molecule has 0 spiro atoms. The van der Waals surface area contributed by atoms with Crippen LogP contribution in [0, 0.1) is 11.3 Å². The van der Waals surface area contributed by atoms with Crippen LogP contribution in [0.4, 0.5) is 0 Å². The number of esters is 1. The Morgan fingerprint density at radius 1 is 1.37 bits per heavy atom. The Kier molecular flexibility index (Phi) is 3.84. The summed E-state index contributed by atoms with van der Waals surface area (Å²) in [6, 6.07) is 10.5. The van der Waals surface area contributed by atoms with E-state index in [1.807, 2.05) is 6.07 Å². The highest BCUT2D eigenvalue weighted by molar-refractivity contribution is 5.87. The molecule has 0 N–H and O–H groups in total. The van der Waals surface area contributed by atoms with Crippen molar-refractivity contribution in [1.29, 1.82) is 5.26 Å². The number of furan rings is 1. The molecular formula is C14H11NO4. The smallest absolute Gasteiger partial charge is 0.374 e. The molecule has 1 aromatic heterocycles. The number of nitriles is 1. The molecule has 0 aliphatic heterocycles. The van der Waals surface area contributed by atoms with Crippen LogP contribution in [-0.4, -0.2) is 13.1 Å². The molecule has 1 heterocycles. The van der Waals surface area contributed by atoms with Crippen molar-refractivity contribution >= 4 is 5.97 Å². The number of methoxy groups -OCH3 is 1. The SMILES string of the molecule is COC(=O)c1occc1COc1ccccc1C#N. The third kappa shape index (κ3) is 2.75. The van der Waals surface area contributed by atoms with Crippen LogP contribution in [0.3, 0.4) is 0 Å². The van der Waals surface area contributed by atoms with Gasteiger partial charge in [0.25, 0.3) is 0 Å². The van der Waals surface area contributed by atoms with Crippen LogP contribution in [0.25, 0.3) is 0 Å². The molecule has 0 aliphatic carbocycles. The van der Waals surface area contributed by atoms with Gasteiger partial charge < -0.3 is 13.9 Å². The first kappa shape index (κ1) is 12.7. The number of ether oxygens (including phenoxy) is 2. The average Bonchev–Trinajstić information content (AvgIpc) is 2.93. The number of benzene rings is 1. The Balaban J connectivity index is 2.13. The Morgan fingerprint density at radius 3 is 2.89 bits per heavy atom. The van der Waals surface area contributed by atoms with E-state index in [4.69, 9.17) is 14.4 Å². The molecule has 0 fully saturated rings. The van der Waals surface area contributed by atoms with E-state index < -0.39 is 5.97 Å². The maximum Gasteiger partial charge on any atom is 0.374 e. The van der Waals surface area contributed by atoms with Crippen LogP contribution >= 0.6 is 0 Å². The summed E-state index contributed by atoms with van der Waals surface area (Å²) in [6.45, 7) is 0.125. The molecule has 0 bridgehead atoms. The fourth-order valence-electron chi connectivity index (χ4n) is 1.56. The molecule has 96 valence electrons. The number of rotatable bonds is 4. The van der Waals surface area contributed by atoms with Crippen molar-refractivity contribution in [3.05, 3.63) is 53.5 Å². The summed E-state index contributed by atoms with van der Waals surface area (Å²) in [6.07, 6.45) is 1.39. The minimum absolute atomic E-state index is 0.108. The van der Waals surface area contributed by atoms with Gasteiger partial charge in [0.1, 0.15) is 18.4 Å². The standard InChI is InChI=1S/C14H11NO4/c1-17-14(16)13-11(6-7-18-13)9-19-12-5-3-2-4-10(12)8-15/h2-7H,9H2,1H3. The van der Waals surface area contributed by atoms with Gasteiger partial charge in [0.2, 0.25) is 5.76 Å². The highest BCUT2D eigenvalue weighted by atomic mass is 16.5. The maximum absolute atomic E-state index is 11.4. The van der Waals surface area contributed by atoms with Crippen LogP contribution in [0.2, 0.25) is 0 Å². The number of hydrogen-bond acceptors (Lipinski definition) is 5. The molecule has 0 unspecified atom stereocenters. The van der Waals surface area contributed by atoms with E-state index >= 15 is 0 Å². The monoisotopic (exact) mass is 257 g/mol. The van der Waals surface area contributed by atoms with Crippen molar-refractivity contribution in [2.45, 2.75) is 6.61 Å². The summed E-state index contributed by atoms with van der Waals surface area (Å²) < 4.78 is 15.2. The summed E-state index contributed by atoms with van der Waals surface area (Å²) in [5, 5.41) is 8.93. The van der Waals surface area contributed by atoms with Crippen molar-refractivity contribution in [3.8, 4) is 11.8 Å². The topological polar surface area (TPSA) is 72.5 Å². The minimum atomic E-state index is -0.558. The Labute approximate surface area is 110 Å². The van der Waals surface area contributed by atoms with E-state index in [0.29, 0.717) is 16.9 Å². The van der Waals surface area contributed by atoms with Crippen molar-refractivity contribution in [3.63, 3.8) is 0 Å². The lowest BCUT2D eigenvalue weighted by atomic mass is 10.2. The van der Waals surface area contributed by atoms with E-state index in [-0.39, 0.29) is 12.4 Å². The second-order valence-corrected chi connectivity index (χ2v) is 3.66. The molecule has 2 aromatic rings. The summed E-state index contributed by atoms with van der Waals surface area (Å²) >= 11 is 0. The number of nitrogens with zero attached hydrogens (tertiary/aromatic N) is 1. The molecule has 19 heavy (non-hydrogen) atoms. The lowest BCUT2D eigenvalue weighted by Crippen LogP contribution is -2.05. The maximum atomic E-state index is 11.4. The second-order valence-electron chi connectivity index (χ2n) is 3.66. The van der Waals surface area contributed by atoms with Crippen LogP contribution in [0.15, 0.2) is 41.0 Å². The number of para-hydroxylation sites is 1. The van der Waals surface area contributed by atoms with Crippen LogP contribution in [0.1, 0.15) is 21.7 Å². The van der Waals surface area contributed by atoms with Gasteiger partial charge in [-0.05, 0) is 18.2 Å². The summed E-state index contributed by atoms with van der Waals surface area (Å²) in [5.74, 6) is 0.0103. The third-order valence-corrected chi connectivity index (χ3v) is 2.51. The minimum Gasteiger partial charge on any atom is -0.487 e. The van der Waals surface area contributed by atoms with E-state index in [0.717, 1.165) is 0 Å². The largest absolute Gasteiger partial charge is 0.487 e. The summed E-state index contributed by atoms with van der Waals surface area (Å²) in [7, 11) is 1.28. The van der Waals surface area contributed by atoms with E-state index in [2.05, 4.69) is 4.74 Å². The molecule has 5 heteroatoms. The average molecular weight is 257 g/mol. The van der Waals surface area contributed by atoms with Gasteiger partial charge in [0, 0.05) is 5.56 Å². The first-order valence-corrected chi connectivity index (χ1v) is 5.53. The Bertz CT molecular complexity index is 624. The van der Waals surface area contributed by atoms with E-state index in [1.54, 1.807) is 30.3 Å². The fraction of sp³-hybridized carbons (Fsp3) is 0.143. The summed E-state index contributed by atoms with van der Waals surface area (Å²) in [4.78, 5) is 11.4. The van der Waals surface area contributed by atoms with Crippen LogP contribution < -0.4 is 4.74 Å². The zero-order valence-corrected chi connectivity index (χ0v) is 10.3. The summed E-state index contributed by atoms with van der Waals surface area (Å²) in [5.41, 5.74) is 1.00. The van der Waals surface area contributed by atoms with Gasteiger partial charge in [-0.3, -0.25) is 0 Å². The van der Waals surface area contributed by atoms with Gasteiger partial charge in [-0.25, -0.2) is 4.79 Å². The molecule has 0 atom stereocenters. The number of hydrogen-bond donors (Lipinski definition) is 0.